The highest BCUT2D eigenvalue weighted by Gasteiger charge is 2.16. The molecule has 5 nitrogen and oxygen atoms in total. The van der Waals surface area contributed by atoms with Gasteiger partial charge in [0, 0.05) is 18.1 Å². The van der Waals surface area contributed by atoms with Crippen molar-refractivity contribution >= 4 is 45.9 Å². The number of allylic oxidation sites excluding steroid dienone is 1. The van der Waals surface area contributed by atoms with Crippen LogP contribution >= 0.6 is 11.6 Å². The number of nitrogens with zero attached hydrogens (tertiary/aromatic N) is 5. The molecule has 0 radical (unpaired) electrons. The van der Waals surface area contributed by atoms with Gasteiger partial charge in [-0.2, -0.15) is 4.98 Å². The summed E-state index contributed by atoms with van der Waals surface area (Å²) in [5.41, 5.74) is 3.25. The summed E-state index contributed by atoms with van der Waals surface area (Å²) in [6, 6.07) is 16.4. The predicted molar refractivity (Wildman–Crippen MR) is 116 cm³/mol. The molecule has 2 aromatic carbocycles. The molecule has 6 heteroatoms. The highest BCUT2D eigenvalue weighted by Crippen LogP contribution is 2.31. The third kappa shape index (κ3) is 3.45. The van der Waals surface area contributed by atoms with Gasteiger partial charge in [-0.05, 0) is 46.8 Å². The van der Waals surface area contributed by atoms with E-state index in [2.05, 4.69) is 72.3 Å². The van der Waals surface area contributed by atoms with E-state index in [1.807, 2.05) is 31.3 Å². The van der Waals surface area contributed by atoms with Gasteiger partial charge in [0.25, 0.3) is 5.78 Å². The zero-order chi connectivity index (χ0) is 19.9. The molecule has 28 heavy (non-hydrogen) atoms. The first-order chi connectivity index (χ1) is 13.3. The quantitative estimate of drug-likeness (QED) is 0.445. The maximum Gasteiger partial charge on any atom is 0.258 e. The van der Waals surface area contributed by atoms with Gasteiger partial charge < -0.3 is 4.90 Å². The van der Waals surface area contributed by atoms with E-state index in [1.54, 1.807) is 4.40 Å². The van der Waals surface area contributed by atoms with E-state index in [1.165, 1.54) is 0 Å². The van der Waals surface area contributed by atoms with E-state index in [0.29, 0.717) is 11.1 Å². The van der Waals surface area contributed by atoms with E-state index >= 15 is 0 Å². The lowest BCUT2D eigenvalue weighted by atomic mass is 9.95. The fourth-order valence-corrected chi connectivity index (χ4v) is 3.32. The van der Waals surface area contributed by atoms with Crippen LogP contribution in [0.4, 0.5) is 11.5 Å². The van der Waals surface area contributed by atoms with Crippen molar-refractivity contribution < 1.29 is 0 Å². The molecule has 0 bridgehead atoms. The Morgan fingerprint density at radius 2 is 1.82 bits per heavy atom. The molecule has 0 aliphatic carbocycles. The molecule has 0 amide bonds. The average molecular weight is 392 g/mol. The lowest BCUT2D eigenvalue weighted by Crippen LogP contribution is -2.13. The number of fused-ring (bicyclic) bond motifs is 3. The van der Waals surface area contributed by atoms with Crippen molar-refractivity contribution in [1.29, 1.82) is 0 Å². The Hall–Kier alpha value is -2.92. The van der Waals surface area contributed by atoms with E-state index in [4.69, 9.17) is 16.6 Å². The van der Waals surface area contributed by atoms with E-state index in [9.17, 15) is 0 Å². The second-order valence-electron chi connectivity index (χ2n) is 7.91. The molecule has 0 spiro atoms. The van der Waals surface area contributed by atoms with Crippen LogP contribution in [0, 0.1) is 5.41 Å². The summed E-state index contributed by atoms with van der Waals surface area (Å²) in [5, 5.41) is 9.37. The van der Waals surface area contributed by atoms with Crippen LogP contribution in [0.3, 0.4) is 0 Å². The molecule has 0 aliphatic heterocycles. The van der Waals surface area contributed by atoms with E-state index in [0.717, 1.165) is 28.0 Å². The minimum absolute atomic E-state index is 0.137. The molecule has 4 aromatic rings. The zero-order valence-corrected chi connectivity index (χ0v) is 17.1. The van der Waals surface area contributed by atoms with Crippen LogP contribution in [0.15, 0.2) is 54.6 Å². The number of hydrogen-bond donors (Lipinski definition) is 0. The Bertz CT molecular complexity index is 1190. The molecule has 2 heterocycles. The Morgan fingerprint density at radius 1 is 1.04 bits per heavy atom. The second-order valence-corrected chi connectivity index (χ2v) is 8.25. The highest BCUT2D eigenvalue weighted by atomic mass is 35.5. The van der Waals surface area contributed by atoms with E-state index in [-0.39, 0.29) is 5.41 Å². The Balaban J connectivity index is 1.83. The number of hydrogen-bond acceptors (Lipinski definition) is 4. The zero-order valence-electron chi connectivity index (χ0n) is 16.4. The van der Waals surface area contributed by atoms with Gasteiger partial charge in [0.1, 0.15) is 5.82 Å². The fourth-order valence-electron chi connectivity index (χ4n) is 3.11. The molecule has 4 rings (SSSR count). The number of benzene rings is 2. The summed E-state index contributed by atoms with van der Waals surface area (Å²) in [5.74, 6) is 1.29. The van der Waals surface area contributed by atoms with Gasteiger partial charge in [-0.25, -0.2) is 4.40 Å². The Morgan fingerprint density at radius 3 is 2.61 bits per heavy atom. The van der Waals surface area contributed by atoms with Crippen LogP contribution in [0.5, 0.6) is 0 Å². The van der Waals surface area contributed by atoms with E-state index < -0.39 is 0 Å². The molecule has 0 saturated heterocycles. The molecular formula is C22H22ClN5. The van der Waals surface area contributed by atoms with Crippen LogP contribution < -0.4 is 4.90 Å². The molecule has 0 aliphatic rings. The van der Waals surface area contributed by atoms with Crippen molar-refractivity contribution in [1.82, 2.24) is 19.6 Å². The summed E-state index contributed by atoms with van der Waals surface area (Å²) >= 11 is 6.22. The molecule has 0 saturated carbocycles. The molecule has 0 N–H and O–H groups in total. The summed E-state index contributed by atoms with van der Waals surface area (Å²) in [4.78, 5) is 6.80. The summed E-state index contributed by atoms with van der Waals surface area (Å²) < 4.78 is 1.76. The van der Waals surface area contributed by atoms with Gasteiger partial charge in [-0.3, -0.25) is 0 Å². The lowest BCUT2D eigenvalue weighted by molar-refractivity contribution is 0.547. The third-order valence-electron chi connectivity index (χ3n) is 4.55. The Kier molecular flexibility index (Phi) is 4.55. The van der Waals surface area contributed by atoms with Crippen LogP contribution in [-0.2, 0) is 0 Å². The molecule has 0 unspecified atom stereocenters. The smallest absolute Gasteiger partial charge is 0.258 e. The first kappa shape index (κ1) is 18.4. The molecular weight excluding hydrogens is 370 g/mol. The number of para-hydroxylation sites is 1. The Labute approximate surface area is 169 Å². The van der Waals surface area contributed by atoms with Crippen molar-refractivity contribution in [3.8, 4) is 0 Å². The van der Waals surface area contributed by atoms with Gasteiger partial charge in [0.05, 0.1) is 5.52 Å². The lowest BCUT2D eigenvalue weighted by Gasteiger charge is -2.21. The largest absolute Gasteiger partial charge is 0.329 e. The van der Waals surface area contributed by atoms with Gasteiger partial charge in [0.15, 0.2) is 0 Å². The van der Waals surface area contributed by atoms with Crippen molar-refractivity contribution in [3.05, 3.63) is 65.5 Å². The monoisotopic (exact) mass is 391 g/mol. The van der Waals surface area contributed by atoms with Crippen molar-refractivity contribution in [3.63, 3.8) is 0 Å². The summed E-state index contributed by atoms with van der Waals surface area (Å²) in [6.07, 6.45) is 4.37. The van der Waals surface area contributed by atoms with Gasteiger partial charge in [-0.1, -0.05) is 57.2 Å². The normalized spacial score (nSPS) is 12.3. The number of halogens is 1. The van der Waals surface area contributed by atoms with Crippen LogP contribution in [-0.4, -0.2) is 26.6 Å². The van der Waals surface area contributed by atoms with Gasteiger partial charge >= 0.3 is 0 Å². The number of rotatable bonds is 3. The number of aromatic nitrogens is 4. The van der Waals surface area contributed by atoms with Crippen molar-refractivity contribution in [2.75, 3.05) is 11.9 Å². The first-order valence-corrected chi connectivity index (χ1v) is 9.54. The van der Waals surface area contributed by atoms with Crippen LogP contribution in [0.1, 0.15) is 26.3 Å². The topological polar surface area (TPSA) is 46.3 Å². The minimum Gasteiger partial charge on any atom is -0.329 e. The van der Waals surface area contributed by atoms with Crippen molar-refractivity contribution in [2.45, 2.75) is 20.8 Å². The minimum atomic E-state index is 0.137. The maximum atomic E-state index is 6.22. The molecule has 2 aromatic heterocycles. The van der Waals surface area contributed by atoms with Crippen LogP contribution in [0.2, 0.25) is 5.28 Å². The molecule has 142 valence electrons. The SMILES string of the molecule is CN(c1cccc(C=CC(C)(C)C)c1)c1nc2nnc(Cl)n2c2ccccc12. The number of anilines is 2. The van der Waals surface area contributed by atoms with Gasteiger partial charge in [-0.15, -0.1) is 10.2 Å². The summed E-state index contributed by atoms with van der Waals surface area (Å²) in [6.45, 7) is 6.57. The van der Waals surface area contributed by atoms with Crippen LogP contribution in [0.25, 0.3) is 22.8 Å². The fraction of sp³-hybridized carbons (Fsp3) is 0.227. The summed E-state index contributed by atoms with van der Waals surface area (Å²) in [7, 11) is 2.01. The highest BCUT2D eigenvalue weighted by molar-refractivity contribution is 6.29. The van der Waals surface area contributed by atoms with Crippen molar-refractivity contribution in [2.24, 2.45) is 5.41 Å². The second kappa shape index (κ2) is 6.91. The first-order valence-electron chi connectivity index (χ1n) is 9.16. The molecule has 0 fully saturated rings. The third-order valence-corrected chi connectivity index (χ3v) is 4.79. The van der Waals surface area contributed by atoms with Gasteiger partial charge in [0.2, 0.25) is 5.28 Å². The standard InChI is InChI=1S/C22H22ClN5/c1-22(2,3)13-12-15-8-7-9-16(14-15)27(4)19-17-10-5-6-11-18(17)28-20(23)25-26-21(28)24-19/h5-14H,1-4H3. The maximum absolute atomic E-state index is 6.22. The molecule has 0 atom stereocenters. The predicted octanol–water partition coefficient (Wildman–Crippen LogP) is 5.76. The average Bonchev–Trinajstić information content (AvgIpc) is 3.06.